The quantitative estimate of drug-likeness (QED) is 0.718. The molecule has 0 heterocycles. The number of hydrogen-bond acceptors (Lipinski definition) is 2. The largest absolute Gasteiger partial charge is 0.497 e. The van der Waals surface area contributed by atoms with Crippen molar-refractivity contribution in [2.45, 2.75) is 6.54 Å². The van der Waals surface area contributed by atoms with Crippen molar-refractivity contribution in [3.63, 3.8) is 0 Å². The van der Waals surface area contributed by atoms with Gasteiger partial charge in [0.1, 0.15) is 12.3 Å². The molecule has 25 heavy (non-hydrogen) atoms. The van der Waals surface area contributed by atoms with Crippen LogP contribution < -0.4 is 15.0 Å². The third-order valence-corrected chi connectivity index (χ3v) is 4.09. The van der Waals surface area contributed by atoms with Gasteiger partial charge < -0.3 is 15.0 Å². The molecule has 0 aliphatic heterocycles. The van der Waals surface area contributed by atoms with E-state index >= 15 is 0 Å². The predicted molar refractivity (Wildman–Crippen MR) is 105 cm³/mol. The molecule has 0 spiro atoms. The van der Waals surface area contributed by atoms with Crippen molar-refractivity contribution >= 4 is 11.4 Å². The van der Waals surface area contributed by atoms with Crippen LogP contribution in [0.2, 0.25) is 0 Å². The van der Waals surface area contributed by atoms with Gasteiger partial charge in [0.15, 0.2) is 0 Å². The molecule has 0 radical (unpaired) electrons. The Balaban J connectivity index is 1.70. The van der Waals surface area contributed by atoms with Gasteiger partial charge in [0, 0.05) is 16.9 Å². The zero-order valence-corrected chi connectivity index (χ0v) is 15.0. The van der Waals surface area contributed by atoms with Crippen LogP contribution in [0.3, 0.4) is 0 Å². The van der Waals surface area contributed by atoms with Crippen molar-refractivity contribution in [3.05, 3.63) is 78.4 Å². The highest BCUT2D eigenvalue weighted by atomic mass is 16.5. The van der Waals surface area contributed by atoms with Crippen LogP contribution in [0.5, 0.6) is 5.75 Å². The molecule has 0 bridgehead atoms. The summed E-state index contributed by atoms with van der Waals surface area (Å²) in [4.78, 5) is 1.42. The smallest absolute Gasteiger partial charge is 0.119 e. The summed E-state index contributed by atoms with van der Waals surface area (Å²) in [7, 11) is 6.02. The Hall–Kier alpha value is -2.78. The molecule has 2 N–H and O–H groups in total. The molecule has 0 unspecified atom stereocenters. The number of rotatable bonds is 6. The topological polar surface area (TPSA) is 25.7 Å². The number of anilines is 2. The van der Waals surface area contributed by atoms with Gasteiger partial charge in [-0.05, 0) is 47.5 Å². The number of quaternary nitrogens is 1. The molecule has 0 aliphatic rings. The average Bonchev–Trinajstić information content (AvgIpc) is 2.63. The van der Waals surface area contributed by atoms with Crippen molar-refractivity contribution in [2.75, 3.05) is 26.5 Å². The van der Waals surface area contributed by atoms with Gasteiger partial charge in [-0.15, -0.1) is 0 Å². The summed E-state index contributed by atoms with van der Waals surface area (Å²) in [6, 6.07) is 25.2. The molecule has 128 valence electrons. The van der Waals surface area contributed by atoms with E-state index in [1.54, 1.807) is 7.11 Å². The van der Waals surface area contributed by atoms with Crippen LogP contribution in [0.15, 0.2) is 72.8 Å². The second kappa shape index (κ2) is 7.86. The SMILES string of the molecule is COc1cccc(-c2ccc(Nc3ccc(C[NH+](C)C)cc3)cc2)c1. The monoisotopic (exact) mass is 333 g/mol. The lowest BCUT2D eigenvalue weighted by Crippen LogP contribution is -3.04. The molecule has 3 aromatic rings. The number of nitrogens with one attached hydrogen (secondary N) is 2. The summed E-state index contributed by atoms with van der Waals surface area (Å²) in [5.41, 5.74) is 5.86. The summed E-state index contributed by atoms with van der Waals surface area (Å²) in [5.74, 6) is 0.874. The lowest BCUT2D eigenvalue weighted by atomic mass is 10.1. The summed E-state index contributed by atoms with van der Waals surface area (Å²) in [6.07, 6.45) is 0. The van der Waals surface area contributed by atoms with Crippen molar-refractivity contribution in [1.82, 2.24) is 0 Å². The van der Waals surface area contributed by atoms with Gasteiger partial charge in [-0.3, -0.25) is 0 Å². The van der Waals surface area contributed by atoms with Crippen LogP contribution in [0.25, 0.3) is 11.1 Å². The number of benzene rings is 3. The van der Waals surface area contributed by atoms with Gasteiger partial charge in [0.05, 0.1) is 21.2 Å². The fraction of sp³-hybridized carbons (Fsp3) is 0.182. The lowest BCUT2D eigenvalue weighted by molar-refractivity contribution is -0.872. The minimum absolute atomic E-state index is 0.874. The fourth-order valence-corrected chi connectivity index (χ4v) is 2.83. The van der Waals surface area contributed by atoms with E-state index in [0.717, 1.165) is 29.2 Å². The van der Waals surface area contributed by atoms with E-state index in [0.29, 0.717) is 0 Å². The maximum absolute atomic E-state index is 5.30. The second-order valence-electron chi connectivity index (χ2n) is 6.52. The first-order valence-electron chi connectivity index (χ1n) is 8.53. The zero-order valence-electron chi connectivity index (χ0n) is 15.0. The Kier molecular flexibility index (Phi) is 5.36. The number of ether oxygens (including phenoxy) is 1. The Morgan fingerprint density at radius 1 is 0.800 bits per heavy atom. The Morgan fingerprint density at radius 3 is 2.04 bits per heavy atom. The summed E-state index contributed by atoms with van der Waals surface area (Å²) < 4.78 is 5.30. The highest BCUT2D eigenvalue weighted by molar-refractivity contribution is 5.69. The fourth-order valence-electron chi connectivity index (χ4n) is 2.83. The van der Waals surface area contributed by atoms with Crippen molar-refractivity contribution < 1.29 is 9.64 Å². The molecule has 3 rings (SSSR count). The zero-order chi connectivity index (χ0) is 17.6. The number of methoxy groups -OCH3 is 1. The highest BCUT2D eigenvalue weighted by Gasteiger charge is 2.02. The molecule has 0 saturated heterocycles. The third kappa shape index (κ3) is 4.61. The standard InChI is InChI=1S/C22H24N2O/c1-24(2)16-17-7-11-20(12-8-17)23-21-13-9-18(10-14-21)19-5-4-6-22(15-19)25-3/h4-15,23H,16H2,1-3H3/p+1. The van der Waals surface area contributed by atoms with Crippen LogP contribution >= 0.6 is 0 Å². The predicted octanol–water partition coefficient (Wildman–Crippen LogP) is 3.75. The van der Waals surface area contributed by atoms with E-state index in [2.05, 4.69) is 74.0 Å². The van der Waals surface area contributed by atoms with Crippen LogP contribution in [-0.2, 0) is 6.54 Å². The molecule has 3 nitrogen and oxygen atoms in total. The molecule has 3 aromatic carbocycles. The minimum atomic E-state index is 0.874. The first kappa shape index (κ1) is 17.1. The Morgan fingerprint density at radius 2 is 1.44 bits per heavy atom. The van der Waals surface area contributed by atoms with Crippen LogP contribution in [0.4, 0.5) is 11.4 Å². The molecular formula is C22H25N2O+. The van der Waals surface area contributed by atoms with Crippen molar-refractivity contribution in [3.8, 4) is 16.9 Å². The summed E-state index contributed by atoms with van der Waals surface area (Å²) in [6.45, 7) is 1.04. The molecule has 0 atom stereocenters. The molecule has 0 aliphatic carbocycles. The first-order valence-corrected chi connectivity index (χ1v) is 8.53. The summed E-state index contributed by atoms with van der Waals surface area (Å²) in [5, 5.41) is 3.45. The van der Waals surface area contributed by atoms with Gasteiger partial charge in [0.2, 0.25) is 0 Å². The van der Waals surface area contributed by atoms with Gasteiger partial charge in [0.25, 0.3) is 0 Å². The van der Waals surface area contributed by atoms with Crippen molar-refractivity contribution in [1.29, 1.82) is 0 Å². The van der Waals surface area contributed by atoms with Crippen LogP contribution in [0, 0.1) is 0 Å². The molecule has 0 fully saturated rings. The van der Waals surface area contributed by atoms with Gasteiger partial charge >= 0.3 is 0 Å². The van der Waals surface area contributed by atoms with E-state index in [1.807, 2.05) is 18.2 Å². The van der Waals surface area contributed by atoms with E-state index in [1.165, 1.54) is 16.0 Å². The van der Waals surface area contributed by atoms with Crippen LogP contribution in [-0.4, -0.2) is 21.2 Å². The van der Waals surface area contributed by atoms with Crippen LogP contribution in [0.1, 0.15) is 5.56 Å². The molecule has 0 saturated carbocycles. The second-order valence-corrected chi connectivity index (χ2v) is 6.52. The lowest BCUT2D eigenvalue weighted by Gasteiger charge is -2.10. The summed E-state index contributed by atoms with van der Waals surface area (Å²) >= 11 is 0. The van der Waals surface area contributed by atoms with E-state index < -0.39 is 0 Å². The number of hydrogen-bond donors (Lipinski definition) is 2. The Labute approximate surface area is 149 Å². The van der Waals surface area contributed by atoms with Gasteiger partial charge in [-0.2, -0.15) is 0 Å². The molecular weight excluding hydrogens is 308 g/mol. The molecule has 0 aromatic heterocycles. The van der Waals surface area contributed by atoms with Gasteiger partial charge in [-0.1, -0.05) is 36.4 Å². The highest BCUT2D eigenvalue weighted by Crippen LogP contribution is 2.26. The third-order valence-electron chi connectivity index (χ3n) is 4.09. The molecule has 0 amide bonds. The minimum Gasteiger partial charge on any atom is -0.497 e. The first-order chi connectivity index (χ1) is 12.1. The van der Waals surface area contributed by atoms with Gasteiger partial charge in [-0.25, -0.2) is 0 Å². The maximum Gasteiger partial charge on any atom is 0.119 e. The average molecular weight is 333 g/mol. The van der Waals surface area contributed by atoms with Crippen molar-refractivity contribution in [2.24, 2.45) is 0 Å². The van der Waals surface area contributed by atoms with E-state index in [-0.39, 0.29) is 0 Å². The Bertz CT molecular complexity index is 808. The molecule has 3 heteroatoms. The van der Waals surface area contributed by atoms with E-state index in [9.17, 15) is 0 Å². The maximum atomic E-state index is 5.30. The van der Waals surface area contributed by atoms with E-state index in [4.69, 9.17) is 4.74 Å². The normalized spacial score (nSPS) is 10.7.